The molecule has 1 amide bonds. The molecule has 0 saturated carbocycles. The van der Waals surface area contributed by atoms with Crippen LogP contribution in [-0.4, -0.2) is 61.5 Å². The summed E-state index contributed by atoms with van der Waals surface area (Å²) in [6, 6.07) is 4.94. The molecule has 0 spiro atoms. The lowest BCUT2D eigenvalue weighted by Crippen LogP contribution is -2.39. The molecule has 9 nitrogen and oxygen atoms in total. The lowest BCUT2D eigenvalue weighted by molar-refractivity contribution is -0.143. The molecule has 36 heavy (non-hydrogen) atoms. The van der Waals surface area contributed by atoms with E-state index in [4.69, 9.17) is 23.9 Å². The maximum absolute atomic E-state index is 13.3. The van der Waals surface area contributed by atoms with Crippen LogP contribution >= 0.6 is 11.8 Å². The van der Waals surface area contributed by atoms with Crippen LogP contribution in [0.3, 0.4) is 0 Å². The Kier molecular flexibility index (Phi) is 8.25. The van der Waals surface area contributed by atoms with E-state index < -0.39 is 12.0 Å². The van der Waals surface area contributed by atoms with Crippen LogP contribution in [0.15, 0.2) is 45.6 Å². The first-order valence-corrected chi connectivity index (χ1v) is 12.9. The maximum Gasteiger partial charge on any atom is 0.338 e. The van der Waals surface area contributed by atoms with E-state index in [1.165, 1.54) is 11.8 Å². The van der Waals surface area contributed by atoms with Crippen molar-refractivity contribution in [3.63, 3.8) is 0 Å². The molecule has 3 aliphatic rings. The fourth-order valence-corrected chi connectivity index (χ4v) is 5.44. The van der Waals surface area contributed by atoms with Gasteiger partial charge in [0.1, 0.15) is 11.5 Å². The summed E-state index contributed by atoms with van der Waals surface area (Å²) >= 11 is 1.43. The molecule has 1 fully saturated rings. The van der Waals surface area contributed by atoms with Crippen molar-refractivity contribution in [2.45, 2.75) is 58.3 Å². The number of ether oxygens (including phenoxy) is 4. The topological polar surface area (TPSA) is 98.7 Å². The molecule has 0 radical (unpaired) electrons. The van der Waals surface area contributed by atoms with E-state index in [0.717, 1.165) is 30.7 Å². The molecule has 1 aromatic rings. The monoisotopic (exact) mass is 515 g/mol. The average Bonchev–Trinajstić information content (AvgIpc) is 3.51. The van der Waals surface area contributed by atoms with Crippen molar-refractivity contribution >= 4 is 28.8 Å². The van der Waals surface area contributed by atoms with E-state index >= 15 is 0 Å². The number of esters is 1. The van der Waals surface area contributed by atoms with Crippen LogP contribution in [-0.2, 0) is 19.1 Å². The Labute approximate surface area is 215 Å². The van der Waals surface area contributed by atoms with Gasteiger partial charge >= 0.3 is 5.97 Å². The van der Waals surface area contributed by atoms with Crippen LogP contribution in [0.5, 0.6) is 11.5 Å². The number of amides is 1. The molecule has 3 aliphatic heterocycles. The van der Waals surface area contributed by atoms with Crippen molar-refractivity contribution in [3.05, 3.63) is 46.1 Å². The van der Waals surface area contributed by atoms with Gasteiger partial charge in [0.2, 0.25) is 5.91 Å². The van der Waals surface area contributed by atoms with Gasteiger partial charge in [-0.25, -0.2) is 9.79 Å². The number of benzene rings is 1. The molecule has 0 unspecified atom stereocenters. The summed E-state index contributed by atoms with van der Waals surface area (Å²) in [5, 5.41) is 5.59. The van der Waals surface area contributed by atoms with Gasteiger partial charge in [0.05, 0.1) is 50.2 Å². The number of thioether (sulfide) groups is 1. The number of hydrogen-bond donors (Lipinski definition) is 1. The molecule has 0 aromatic heterocycles. The Balaban J connectivity index is 1.68. The van der Waals surface area contributed by atoms with E-state index in [1.54, 1.807) is 27.2 Å². The summed E-state index contributed by atoms with van der Waals surface area (Å²) in [5.74, 6) is 0.623. The van der Waals surface area contributed by atoms with Crippen LogP contribution in [0.25, 0.3) is 0 Å². The predicted molar refractivity (Wildman–Crippen MR) is 138 cm³/mol. The highest BCUT2D eigenvalue weighted by atomic mass is 32.2. The Morgan fingerprint density at radius 2 is 1.94 bits per heavy atom. The lowest BCUT2D eigenvalue weighted by Gasteiger charge is -2.36. The van der Waals surface area contributed by atoms with Crippen LogP contribution in [0.4, 0.5) is 0 Å². The zero-order valence-electron chi connectivity index (χ0n) is 21.3. The Hall–Kier alpha value is -2.98. The molecule has 10 heteroatoms. The molecule has 4 rings (SSSR count). The molecule has 2 atom stereocenters. The number of carbonyl (C=O) groups excluding carboxylic acids is 2. The summed E-state index contributed by atoms with van der Waals surface area (Å²) in [6.07, 6.45) is 1.88. The molecule has 0 bridgehead atoms. The summed E-state index contributed by atoms with van der Waals surface area (Å²) in [6.45, 7) is 6.65. The minimum absolute atomic E-state index is 0.0629. The van der Waals surface area contributed by atoms with E-state index in [2.05, 4.69) is 5.32 Å². The van der Waals surface area contributed by atoms with Crippen LogP contribution in [0.2, 0.25) is 0 Å². The standard InChI is InChI=1S/C26H33N3O6S/c1-15(2)35-25(31)23-16(3)28-26-29(24(23)17-9-20(32-4)12-21(10-17)33-5)18(14-36-26)11-22(30)27-13-19-7-6-8-34-19/h9-10,12,14-15,19,24H,6-8,11,13H2,1-5H3,(H,27,30)/t19-,24-/m0/s1. The highest BCUT2D eigenvalue weighted by Gasteiger charge is 2.41. The molecule has 0 aliphatic carbocycles. The number of rotatable bonds is 9. The highest BCUT2D eigenvalue weighted by molar-refractivity contribution is 8.16. The van der Waals surface area contributed by atoms with Crippen LogP contribution in [0, 0.1) is 0 Å². The number of amidine groups is 1. The van der Waals surface area contributed by atoms with Gasteiger partial charge in [-0.3, -0.25) is 4.79 Å². The van der Waals surface area contributed by atoms with E-state index in [-0.39, 0.29) is 24.5 Å². The lowest BCUT2D eigenvalue weighted by atomic mass is 9.93. The van der Waals surface area contributed by atoms with Crippen molar-refractivity contribution < 1.29 is 28.5 Å². The van der Waals surface area contributed by atoms with Gasteiger partial charge in [-0.05, 0) is 56.7 Å². The molecular formula is C26H33N3O6S. The molecule has 194 valence electrons. The summed E-state index contributed by atoms with van der Waals surface area (Å²) < 4.78 is 22.2. The van der Waals surface area contributed by atoms with Gasteiger partial charge in [-0.2, -0.15) is 0 Å². The number of methoxy groups -OCH3 is 2. The molecule has 3 heterocycles. The first kappa shape index (κ1) is 26.1. The van der Waals surface area contributed by atoms with Crippen molar-refractivity contribution in [2.24, 2.45) is 4.99 Å². The van der Waals surface area contributed by atoms with Crippen molar-refractivity contribution in [2.75, 3.05) is 27.4 Å². The smallest absolute Gasteiger partial charge is 0.338 e. The third kappa shape index (κ3) is 5.70. The highest BCUT2D eigenvalue weighted by Crippen LogP contribution is 2.46. The molecule has 1 aromatic carbocycles. The summed E-state index contributed by atoms with van der Waals surface area (Å²) in [5.41, 5.74) is 2.50. The zero-order chi connectivity index (χ0) is 25.8. The second-order valence-electron chi connectivity index (χ2n) is 9.11. The molecular weight excluding hydrogens is 482 g/mol. The third-order valence-electron chi connectivity index (χ3n) is 6.15. The minimum Gasteiger partial charge on any atom is -0.497 e. The Morgan fingerprint density at radius 1 is 1.22 bits per heavy atom. The number of aliphatic imine (C=N–C) groups is 1. The second kappa shape index (κ2) is 11.4. The maximum atomic E-state index is 13.3. The predicted octanol–water partition coefficient (Wildman–Crippen LogP) is 3.92. The molecule has 1 N–H and O–H groups in total. The van der Waals surface area contributed by atoms with Gasteiger partial charge in [0.25, 0.3) is 0 Å². The number of nitrogens with one attached hydrogen (secondary N) is 1. The molecule has 1 saturated heterocycles. The van der Waals surface area contributed by atoms with E-state index in [9.17, 15) is 9.59 Å². The minimum atomic E-state index is -0.569. The Bertz CT molecular complexity index is 1080. The third-order valence-corrected chi connectivity index (χ3v) is 7.03. The largest absolute Gasteiger partial charge is 0.497 e. The number of hydrogen-bond acceptors (Lipinski definition) is 9. The van der Waals surface area contributed by atoms with E-state index in [0.29, 0.717) is 34.5 Å². The number of allylic oxidation sites excluding steroid dienone is 1. The summed E-state index contributed by atoms with van der Waals surface area (Å²) in [4.78, 5) is 32.8. The van der Waals surface area contributed by atoms with Crippen molar-refractivity contribution in [1.29, 1.82) is 0 Å². The van der Waals surface area contributed by atoms with E-state index in [1.807, 2.05) is 36.3 Å². The van der Waals surface area contributed by atoms with Crippen molar-refractivity contribution in [1.82, 2.24) is 10.2 Å². The van der Waals surface area contributed by atoms with Gasteiger partial charge in [0.15, 0.2) is 5.17 Å². The van der Waals surface area contributed by atoms with Gasteiger partial charge in [-0.15, -0.1) is 0 Å². The van der Waals surface area contributed by atoms with Crippen LogP contribution < -0.4 is 14.8 Å². The van der Waals surface area contributed by atoms with Gasteiger partial charge in [-0.1, -0.05) is 11.8 Å². The zero-order valence-corrected chi connectivity index (χ0v) is 22.1. The van der Waals surface area contributed by atoms with Crippen LogP contribution in [0.1, 0.15) is 51.6 Å². The van der Waals surface area contributed by atoms with Gasteiger partial charge < -0.3 is 29.2 Å². The fraction of sp³-hybridized carbons (Fsp3) is 0.500. The Morgan fingerprint density at radius 3 is 2.56 bits per heavy atom. The SMILES string of the molecule is COc1cc(OC)cc([C@H]2C(C(=O)OC(C)C)=C(C)N=C3SC=C(CC(=O)NC[C@@H]4CCCO4)N32)c1. The number of carbonyl (C=O) groups is 2. The summed E-state index contributed by atoms with van der Waals surface area (Å²) in [7, 11) is 3.16. The fourth-order valence-electron chi connectivity index (χ4n) is 4.47. The second-order valence-corrected chi connectivity index (χ2v) is 9.95. The van der Waals surface area contributed by atoms with Crippen molar-refractivity contribution in [3.8, 4) is 11.5 Å². The normalized spacial score (nSPS) is 21.2. The number of fused-ring (bicyclic) bond motifs is 1. The first-order valence-electron chi connectivity index (χ1n) is 12.1. The number of nitrogens with zero attached hydrogens (tertiary/aromatic N) is 2. The first-order chi connectivity index (χ1) is 17.3. The quantitative estimate of drug-likeness (QED) is 0.494. The average molecular weight is 516 g/mol. The van der Waals surface area contributed by atoms with Gasteiger partial charge in [0, 0.05) is 24.9 Å².